The van der Waals surface area contributed by atoms with Crippen LogP contribution in [0.2, 0.25) is 0 Å². The molecule has 0 amide bonds. The Kier molecular flexibility index (Phi) is 2.12. The molecule has 1 aliphatic carbocycles. The Hall–Kier alpha value is -0.830. The summed E-state index contributed by atoms with van der Waals surface area (Å²) in [5, 5.41) is 0. The summed E-state index contributed by atoms with van der Waals surface area (Å²) in [6, 6.07) is 0.713. The second kappa shape index (κ2) is 3.14. The first kappa shape index (κ1) is 8.75. The molecule has 2 rings (SSSR count). The monoisotopic (exact) mass is 179 g/mol. The summed E-state index contributed by atoms with van der Waals surface area (Å²) in [6.45, 7) is 4.92. The van der Waals surface area contributed by atoms with Crippen LogP contribution in [0.1, 0.15) is 50.2 Å². The highest BCUT2D eigenvalue weighted by Crippen LogP contribution is 2.37. The lowest BCUT2D eigenvalue weighted by atomic mass is 10.2. The summed E-state index contributed by atoms with van der Waals surface area (Å²) in [5.74, 6) is 1.70. The lowest BCUT2D eigenvalue weighted by Crippen LogP contribution is -2.02. The lowest BCUT2D eigenvalue weighted by Gasteiger charge is -2.07. The minimum atomic E-state index is 0.501. The van der Waals surface area contributed by atoms with Gasteiger partial charge in [-0.25, -0.2) is 4.98 Å². The van der Waals surface area contributed by atoms with Crippen LogP contribution in [0.25, 0.3) is 0 Å². The summed E-state index contributed by atoms with van der Waals surface area (Å²) in [5.41, 5.74) is 6.60. The molecule has 72 valence electrons. The van der Waals surface area contributed by atoms with E-state index in [9.17, 15) is 0 Å². The first-order valence-corrected chi connectivity index (χ1v) is 5.00. The molecular formula is C10H17N3. The Labute approximate surface area is 79.0 Å². The fraction of sp³-hybridized carbons (Fsp3) is 0.700. The molecule has 1 aliphatic rings. The van der Waals surface area contributed by atoms with E-state index in [0.717, 1.165) is 5.69 Å². The molecule has 0 spiro atoms. The number of aromatic nitrogens is 2. The van der Waals surface area contributed by atoms with Crippen molar-refractivity contribution >= 4 is 0 Å². The Morgan fingerprint density at radius 1 is 1.62 bits per heavy atom. The van der Waals surface area contributed by atoms with Crippen LogP contribution in [0.5, 0.6) is 0 Å². The normalized spacial score (nSPS) is 16.9. The van der Waals surface area contributed by atoms with Gasteiger partial charge < -0.3 is 10.3 Å². The molecule has 1 aromatic heterocycles. The standard InChI is InChI=1S/C10H17N3/c1-7(2)10-12-8(5-11)6-13(10)9-3-4-9/h6-7,9H,3-5,11H2,1-2H3. The second-order valence-electron chi connectivity index (χ2n) is 4.09. The maximum Gasteiger partial charge on any atom is 0.111 e. The third-order valence-electron chi connectivity index (χ3n) is 2.48. The number of rotatable bonds is 3. The Morgan fingerprint density at radius 2 is 2.31 bits per heavy atom. The van der Waals surface area contributed by atoms with Gasteiger partial charge in [-0.3, -0.25) is 0 Å². The topological polar surface area (TPSA) is 43.8 Å². The van der Waals surface area contributed by atoms with Crippen LogP contribution in [0.15, 0.2) is 6.20 Å². The third-order valence-corrected chi connectivity index (χ3v) is 2.48. The molecule has 0 aromatic carbocycles. The summed E-state index contributed by atoms with van der Waals surface area (Å²) in [7, 11) is 0. The van der Waals surface area contributed by atoms with Crippen LogP contribution in [0.4, 0.5) is 0 Å². The molecule has 2 N–H and O–H groups in total. The van der Waals surface area contributed by atoms with Crippen LogP contribution in [-0.2, 0) is 6.54 Å². The maximum absolute atomic E-state index is 5.58. The van der Waals surface area contributed by atoms with Gasteiger partial charge in [0, 0.05) is 24.7 Å². The van der Waals surface area contributed by atoms with Crippen molar-refractivity contribution in [3.05, 3.63) is 17.7 Å². The van der Waals surface area contributed by atoms with Crippen molar-refractivity contribution in [3.8, 4) is 0 Å². The van der Waals surface area contributed by atoms with Gasteiger partial charge in [0.25, 0.3) is 0 Å². The first-order valence-electron chi connectivity index (χ1n) is 5.00. The minimum Gasteiger partial charge on any atom is -0.331 e. The van der Waals surface area contributed by atoms with Gasteiger partial charge in [0.2, 0.25) is 0 Å². The van der Waals surface area contributed by atoms with Crippen molar-refractivity contribution in [3.63, 3.8) is 0 Å². The van der Waals surface area contributed by atoms with Gasteiger partial charge in [-0.15, -0.1) is 0 Å². The van der Waals surface area contributed by atoms with E-state index in [1.807, 2.05) is 0 Å². The van der Waals surface area contributed by atoms with E-state index in [1.165, 1.54) is 18.7 Å². The van der Waals surface area contributed by atoms with E-state index in [1.54, 1.807) is 0 Å². The fourth-order valence-corrected chi connectivity index (χ4v) is 1.63. The van der Waals surface area contributed by atoms with Crippen molar-refractivity contribution < 1.29 is 0 Å². The average molecular weight is 179 g/mol. The fourth-order valence-electron chi connectivity index (χ4n) is 1.63. The average Bonchev–Trinajstić information content (AvgIpc) is 2.84. The van der Waals surface area contributed by atoms with Gasteiger partial charge in [-0.1, -0.05) is 13.8 Å². The van der Waals surface area contributed by atoms with Gasteiger partial charge in [0.15, 0.2) is 0 Å². The van der Waals surface area contributed by atoms with Crippen molar-refractivity contribution in [1.29, 1.82) is 0 Å². The second-order valence-corrected chi connectivity index (χ2v) is 4.09. The molecule has 1 aromatic rings. The number of hydrogen-bond donors (Lipinski definition) is 1. The highest BCUT2D eigenvalue weighted by molar-refractivity contribution is 5.10. The highest BCUT2D eigenvalue weighted by Gasteiger charge is 2.27. The molecule has 0 saturated heterocycles. The molecule has 0 bridgehead atoms. The van der Waals surface area contributed by atoms with Crippen molar-refractivity contribution in [1.82, 2.24) is 9.55 Å². The number of hydrogen-bond acceptors (Lipinski definition) is 2. The minimum absolute atomic E-state index is 0.501. The predicted molar refractivity (Wildman–Crippen MR) is 52.5 cm³/mol. The van der Waals surface area contributed by atoms with Crippen molar-refractivity contribution in [2.45, 2.75) is 45.2 Å². The van der Waals surface area contributed by atoms with E-state index in [2.05, 4.69) is 29.6 Å². The molecule has 0 aliphatic heterocycles. The van der Waals surface area contributed by atoms with E-state index in [0.29, 0.717) is 18.5 Å². The Morgan fingerprint density at radius 3 is 2.77 bits per heavy atom. The van der Waals surface area contributed by atoms with Gasteiger partial charge >= 0.3 is 0 Å². The summed E-state index contributed by atoms with van der Waals surface area (Å²) >= 11 is 0. The van der Waals surface area contributed by atoms with E-state index >= 15 is 0 Å². The summed E-state index contributed by atoms with van der Waals surface area (Å²) in [6.07, 6.45) is 4.73. The van der Waals surface area contributed by atoms with Crippen LogP contribution >= 0.6 is 0 Å². The van der Waals surface area contributed by atoms with Crippen LogP contribution in [0, 0.1) is 0 Å². The molecule has 1 heterocycles. The number of nitrogens with two attached hydrogens (primary N) is 1. The molecule has 1 saturated carbocycles. The number of imidazole rings is 1. The van der Waals surface area contributed by atoms with E-state index in [-0.39, 0.29) is 0 Å². The SMILES string of the molecule is CC(C)c1nc(CN)cn1C1CC1. The Balaban J connectivity index is 2.33. The van der Waals surface area contributed by atoms with Gasteiger partial charge in [0.05, 0.1) is 5.69 Å². The summed E-state index contributed by atoms with van der Waals surface area (Å²) < 4.78 is 2.31. The number of nitrogens with zero attached hydrogens (tertiary/aromatic N) is 2. The highest BCUT2D eigenvalue weighted by atomic mass is 15.1. The Bertz CT molecular complexity index is 278. The third kappa shape index (κ3) is 1.61. The van der Waals surface area contributed by atoms with Crippen LogP contribution in [0.3, 0.4) is 0 Å². The molecule has 0 radical (unpaired) electrons. The summed E-state index contributed by atoms with van der Waals surface area (Å²) in [4.78, 5) is 4.53. The largest absolute Gasteiger partial charge is 0.331 e. The van der Waals surface area contributed by atoms with E-state index in [4.69, 9.17) is 5.73 Å². The molecule has 0 unspecified atom stereocenters. The van der Waals surface area contributed by atoms with Gasteiger partial charge in [-0.2, -0.15) is 0 Å². The first-order chi connectivity index (χ1) is 6.22. The van der Waals surface area contributed by atoms with Gasteiger partial charge in [-0.05, 0) is 12.8 Å². The quantitative estimate of drug-likeness (QED) is 0.769. The molecule has 13 heavy (non-hydrogen) atoms. The molecular weight excluding hydrogens is 162 g/mol. The maximum atomic E-state index is 5.58. The zero-order valence-corrected chi connectivity index (χ0v) is 8.33. The van der Waals surface area contributed by atoms with Crippen molar-refractivity contribution in [2.24, 2.45) is 5.73 Å². The zero-order valence-electron chi connectivity index (χ0n) is 8.33. The van der Waals surface area contributed by atoms with Crippen molar-refractivity contribution in [2.75, 3.05) is 0 Å². The molecule has 1 fully saturated rings. The molecule has 0 atom stereocenters. The lowest BCUT2D eigenvalue weighted by molar-refractivity contribution is 0.639. The van der Waals surface area contributed by atoms with E-state index < -0.39 is 0 Å². The van der Waals surface area contributed by atoms with Crippen LogP contribution in [-0.4, -0.2) is 9.55 Å². The molecule has 3 nitrogen and oxygen atoms in total. The predicted octanol–water partition coefficient (Wildman–Crippen LogP) is 1.80. The van der Waals surface area contributed by atoms with Gasteiger partial charge in [0.1, 0.15) is 5.82 Å². The smallest absolute Gasteiger partial charge is 0.111 e. The molecule has 3 heteroatoms. The zero-order chi connectivity index (χ0) is 9.42. The van der Waals surface area contributed by atoms with Crippen LogP contribution < -0.4 is 5.73 Å².